The highest BCUT2D eigenvalue weighted by atomic mass is 32.1. The van der Waals surface area contributed by atoms with Gasteiger partial charge in [0.1, 0.15) is 0 Å². The lowest BCUT2D eigenvalue weighted by Crippen LogP contribution is -2.19. The van der Waals surface area contributed by atoms with Gasteiger partial charge in [-0.05, 0) is 67.5 Å². The van der Waals surface area contributed by atoms with Crippen molar-refractivity contribution >= 4 is 28.7 Å². The maximum absolute atomic E-state index is 5.37. The van der Waals surface area contributed by atoms with Crippen LogP contribution in [0.2, 0.25) is 0 Å². The molecule has 0 aliphatic rings. The highest BCUT2D eigenvalue weighted by Gasteiger charge is 2.07. The van der Waals surface area contributed by atoms with E-state index in [1.165, 1.54) is 12.0 Å². The van der Waals surface area contributed by atoms with Crippen LogP contribution in [-0.4, -0.2) is 10.1 Å². The first-order valence-electron chi connectivity index (χ1n) is 7.26. The minimum atomic E-state index is 0.558. The van der Waals surface area contributed by atoms with Crippen molar-refractivity contribution in [2.45, 2.75) is 13.8 Å². The number of nitrogens with one attached hydrogen (secondary N) is 2. The number of hydrogen-bond acceptors (Lipinski definition) is 3. The fraction of sp³-hybridized carbons (Fsp3) is 0.111. The van der Waals surface area contributed by atoms with Crippen LogP contribution in [-0.2, 0) is 0 Å². The summed E-state index contributed by atoms with van der Waals surface area (Å²) in [6.07, 6.45) is 3.14. The zero-order chi connectivity index (χ0) is 16.2. The Morgan fingerprint density at radius 1 is 1.04 bits per heavy atom. The Kier molecular flexibility index (Phi) is 4.39. The number of anilines is 2. The van der Waals surface area contributed by atoms with E-state index in [1.807, 2.05) is 56.3 Å². The van der Waals surface area contributed by atoms with E-state index < -0.39 is 0 Å². The van der Waals surface area contributed by atoms with Gasteiger partial charge in [0.05, 0.1) is 6.20 Å². The fourth-order valence-corrected chi connectivity index (χ4v) is 2.62. The number of aromatic nitrogens is 1. The number of oxazole rings is 1. The van der Waals surface area contributed by atoms with Crippen LogP contribution in [0.1, 0.15) is 11.1 Å². The summed E-state index contributed by atoms with van der Waals surface area (Å²) in [7, 11) is 0. The summed E-state index contributed by atoms with van der Waals surface area (Å²) >= 11 is 5.37. The third-order valence-electron chi connectivity index (χ3n) is 3.46. The molecule has 0 radical (unpaired) electrons. The van der Waals surface area contributed by atoms with Gasteiger partial charge in [0.25, 0.3) is 0 Å². The van der Waals surface area contributed by atoms with E-state index >= 15 is 0 Å². The van der Waals surface area contributed by atoms with Gasteiger partial charge < -0.3 is 15.1 Å². The Hall–Kier alpha value is -2.66. The lowest BCUT2D eigenvalue weighted by molar-refractivity contribution is 0.571. The van der Waals surface area contributed by atoms with Crippen LogP contribution in [0.3, 0.4) is 0 Å². The van der Waals surface area contributed by atoms with Gasteiger partial charge in [0.2, 0.25) is 0 Å². The zero-order valence-corrected chi connectivity index (χ0v) is 13.8. The van der Waals surface area contributed by atoms with Gasteiger partial charge in [0.15, 0.2) is 17.3 Å². The van der Waals surface area contributed by atoms with Crippen LogP contribution < -0.4 is 10.6 Å². The molecule has 0 spiro atoms. The summed E-state index contributed by atoms with van der Waals surface area (Å²) in [5.41, 5.74) is 5.19. The Balaban J connectivity index is 1.70. The smallest absolute Gasteiger partial charge is 0.181 e. The van der Waals surface area contributed by atoms with Crippen molar-refractivity contribution in [1.29, 1.82) is 0 Å². The van der Waals surface area contributed by atoms with Crippen LogP contribution in [0, 0.1) is 13.8 Å². The lowest BCUT2D eigenvalue weighted by Gasteiger charge is -2.12. The molecule has 0 unspecified atom stereocenters. The Bertz CT molecular complexity index is 828. The lowest BCUT2D eigenvalue weighted by atomic mass is 10.1. The Morgan fingerprint density at radius 2 is 1.83 bits per heavy atom. The second-order valence-electron chi connectivity index (χ2n) is 5.34. The molecule has 116 valence electrons. The molecule has 0 aliphatic heterocycles. The third-order valence-corrected chi connectivity index (χ3v) is 3.66. The molecule has 1 heterocycles. The number of thiocarbonyl (C=S) groups is 1. The molecular weight excluding hydrogens is 306 g/mol. The molecule has 0 aliphatic carbocycles. The molecule has 2 aromatic carbocycles. The molecule has 0 amide bonds. The van der Waals surface area contributed by atoms with Gasteiger partial charge in [-0.2, -0.15) is 0 Å². The Morgan fingerprint density at radius 3 is 2.48 bits per heavy atom. The van der Waals surface area contributed by atoms with Crippen LogP contribution in [0.4, 0.5) is 11.4 Å². The van der Waals surface area contributed by atoms with Crippen molar-refractivity contribution in [3.63, 3.8) is 0 Å². The number of rotatable bonds is 3. The summed E-state index contributed by atoms with van der Waals surface area (Å²) in [6, 6.07) is 14.1. The summed E-state index contributed by atoms with van der Waals surface area (Å²) < 4.78 is 5.34. The standard InChI is InChI=1S/C18H17N3OS/c1-12-4-3-5-14(8-12)20-18(23)21-15-6-7-16(13(2)9-15)17-10-19-11-22-17/h3-11H,1-2H3,(H2,20,21,23). The zero-order valence-electron chi connectivity index (χ0n) is 13.0. The average Bonchev–Trinajstić information content (AvgIpc) is 3.01. The monoisotopic (exact) mass is 323 g/mol. The SMILES string of the molecule is Cc1cccc(NC(=S)Nc2ccc(-c3cnco3)c(C)c2)c1. The second kappa shape index (κ2) is 6.62. The first-order valence-corrected chi connectivity index (χ1v) is 7.67. The van der Waals surface area contributed by atoms with Crippen molar-refractivity contribution in [1.82, 2.24) is 4.98 Å². The quantitative estimate of drug-likeness (QED) is 0.680. The number of benzene rings is 2. The fourth-order valence-electron chi connectivity index (χ4n) is 2.38. The summed E-state index contributed by atoms with van der Waals surface area (Å²) in [5, 5.41) is 6.94. The van der Waals surface area contributed by atoms with Crippen molar-refractivity contribution in [2.75, 3.05) is 10.6 Å². The molecule has 1 aromatic heterocycles. The molecule has 4 nitrogen and oxygen atoms in total. The van der Waals surface area contributed by atoms with Crippen molar-refractivity contribution in [3.05, 3.63) is 66.2 Å². The number of nitrogens with zero attached hydrogens (tertiary/aromatic N) is 1. The summed E-state index contributed by atoms with van der Waals surface area (Å²) in [6.45, 7) is 4.08. The van der Waals surface area contributed by atoms with Gasteiger partial charge >= 0.3 is 0 Å². The molecule has 3 aromatic rings. The Labute approximate surface area is 140 Å². The van der Waals surface area contributed by atoms with Gasteiger partial charge in [-0.3, -0.25) is 0 Å². The highest BCUT2D eigenvalue weighted by molar-refractivity contribution is 7.80. The van der Waals surface area contributed by atoms with Gasteiger partial charge in [-0.15, -0.1) is 0 Å². The normalized spacial score (nSPS) is 10.3. The van der Waals surface area contributed by atoms with Crippen molar-refractivity contribution < 1.29 is 4.42 Å². The molecule has 0 saturated heterocycles. The van der Waals surface area contributed by atoms with Crippen LogP contribution in [0.5, 0.6) is 0 Å². The van der Waals surface area contributed by atoms with Crippen molar-refractivity contribution in [2.24, 2.45) is 0 Å². The largest absolute Gasteiger partial charge is 0.444 e. The van der Waals surface area contributed by atoms with E-state index in [-0.39, 0.29) is 0 Å². The number of aryl methyl sites for hydroxylation is 2. The van der Waals surface area contributed by atoms with Crippen LogP contribution in [0.15, 0.2) is 59.5 Å². The molecule has 5 heteroatoms. The predicted molar refractivity (Wildman–Crippen MR) is 97.7 cm³/mol. The molecule has 2 N–H and O–H groups in total. The minimum Gasteiger partial charge on any atom is -0.444 e. The van der Waals surface area contributed by atoms with E-state index in [1.54, 1.807) is 6.20 Å². The van der Waals surface area contributed by atoms with E-state index in [0.29, 0.717) is 5.11 Å². The molecular formula is C18H17N3OS. The first kappa shape index (κ1) is 15.2. The van der Waals surface area contributed by atoms with Crippen LogP contribution >= 0.6 is 12.2 Å². The third kappa shape index (κ3) is 3.76. The van der Waals surface area contributed by atoms with E-state index in [2.05, 4.69) is 15.6 Å². The van der Waals surface area contributed by atoms with E-state index in [4.69, 9.17) is 16.6 Å². The average molecular weight is 323 g/mol. The maximum atomic E-state index is 5.37. The predicted octanol–water partition coefficient (Wildman–Crippen LogP) is 4.77. The molecule has 23 heavy (non-hydrogen) atoms. The summed E-state index contributed by atoms with van der Waals surface area (Å²) in [4.78, 5) is 3.95. The van der Waals surface area contributed by atoms with Crippen molar-refractivity contribution in [3.8, 4) is 11.3 Å². The van der Waals surface area contributed by atoms with Gasteiger partial charge in [0, 0.05) is 16.9 Å². The molecule has 0 bridgehead atoms. The van der Waals surface area contributed by atoms with Crippen LogP contribution in [0.25, 0.3) is 11.3 Å². The highest BCUT2D eigenvalue weighted by Crippen LogP contribution is 2.25. The molecule has 0 saturated carbocycles. The maximum Gasteiger partial charge on any atom is 0.181 e. The molecule has 0 fully saturated rings. The minimum absolute atomic E-state index is 0.558. The topological polar surface area (TPSA) is 50.1 Å². The molecule has 0 atom stereocenters. The van der Waals surface area contributed by atoms with Gasteiger partial charge in [-0.25, -0.2) is 4.98 Å². The summed E-state index contributed by atoms with van der Waals surface area (Å²) in [5.74, 6) is 0.759. The first-order chi connectivity index (χ1) is 11.1. The van der Waals surface area contributed by atoms with Gasteiger partial charge in [-0.1, -0.05) is 12.1 Å². The van der Waals surface area contributed by atoms with E-state index in [9.17, 15) is 0 Å². The second-order valence-corrected chi connectivity index (χ2v) is 5.75. The number of hydrogen-bond donors (Lipinski definition) is 2. The molecule has 3 rings (SSSR count). The van der Waals surface area contributed by atoms with E-state index in [0.717, 1.165) is 28.3 Å².